The second-order valence-electron chi connectivity index (χ2n) is 7.57. The Bertz CT molecular complexity index is 1060. The predicted molar refractivity (Wildman–Crippen MR) is 112 cm³/mol. The Hall–Kier alpha value is -2.72. The molecule has 2 aromatic heterocycles. The van der Waals surface area contributed by atoms with E-state index in [0.717, 1.165) is 35.4 Å². The van der Waals surface area contributed by atoms with Gasteiger partial charge in [0.1, 0.15) is 24.7 Å². The number of methoxy groups -OCH3 is 1. The van der Waals surface area contributed by atoms with Crippen LogP contribution < -0.4 is 5.32 Å². The minimum atomic E-state index is -0.696. The standard InChI is InChI=1S/C23H26N4O2/c1-15-13-16(2)27-14-24-21(23(27)25-15)22(28)20-11-10-19(26-20)18-8-6-17(7-9-18)5-4-12-29-3/h6-9,13-14,19-20,22,26,28H,10-12H2,1-3H3. The number of aryl methyl sites for hydroxylation is 2. The summed E-state index contributed by atoms with van der Waals surface area (Å²) < 4.78 is 6.89. The number of aliphatic hydroxyl groups is 1. The molecule has 0 amide bonds. The first-order chi connectivity index (χ1) is 14.1. The molecule has 3 heterocycles. The lowest BCUT2D eigenvalue weighted by Crippen LogP contribution is -2.30. The smallest absolute Gasteiger partial charge is 0.162 e. The lowest BCUT2D eigenvalue weighted by atomic mass is 10.0. The molecule has 6 heteroatoms. The topological polar surface area (TPSA) is 71.7 Å². The number of fused-ring (bicyclic) bond motifs is 1. The number of nitrogens with zero attached hydrogens (tertiary/aromatic N) is 3. The fraction of sp³-hybridized carbons (Fsp3) is 0.391. The van der Waals surface area contributed by atoms with E-state index in [1.165, 1.54) is 5.56 Å². The van der Waals surface area contributed by atoms with Crippen molar-refractivity contribution in [2.45, 2.75) is 44.9 Å². The van der Waals surface area contributed by atoms with Gasteiger partial charge in [0, 0.05) is 36.1 Å². The molecule has 0 aliphatic carbocycles. The molecule has 3 unspecified atom stereocenters. The average molecular weight is 390 g/mol. The Morgan fingerprint density at radius 2 is 2.07 bits per heavy atom. The molecule has 0 spiro atoms. The summed E-state index contributed by atoms with van der Waals surface area (Å²) in [6, 6.07) is 10.4. The molecule has 1 fully saturated rings. The van der Waals surface area contributed by atoms with Crippen LogP contribution in [0.3, 0.4) is 0 Å². The molecule has 1 aromatic carbocycles. The molecule has 1 aliphatic heterocycles. The molecular weight excluding hydrogens is 364 g/mol. The molecule has 6 nitrogen and oxygen atoms in total. The van der Waals surface area contributed by atoms with E-state index in [0.29, 0.717) is 12.3 Å². The second-order valence-corrected chi connectivity index (χ2v) is 7.57. The summed E-state index contributed by atoms with van der Waals surface area (Å²) in [5, 5.41) is 14.6. The van der Waals surface area contributed by atoms with Crippen molar-refractivity contribution in [3.8, 4) is 11.8 Å². The van der Waals surface area contributed by atoms with E-state index >= 15 is 0 Å². The highest BCUT2D eigenvalue weighted by atomic mass is 16.5. The van der Waals surface area contributed by atoms with Crippen LogP contribution in [-0.4, -0.2) is 39.2 Å². The van der Waals surface area contributed by atoms with E-state index in [2.05, 4.69) is 39.3 Å². The Morgan fingerprint density at radius 3 is 2.83 bits per heavy atom. The molecule has 3 aromatic rings. The van der Waals surface area contributed by atoms with Crippen molar-refractivity contribution in [1.82, 2.24) is 19.7 Å². The van der Waals surface area contributed by atoms with E-state index < -0.39 is 6.10 Å². The van der Waals surface area contributed by atoms with Crippen molar-refractivity contribution >= 4 is 5.65 Å². The van der Waals surface area contributed by atoms with Gasteiger partial charge in [-0.3, -0.25) is 4.40 Å². The number of benzene rings is 1. The van der Waals surface area contributed by atoms with Crippen LogP contribution in [0.5, 0.6) is 0 Å². The monoisotopic (exact) mass is 390 g/mol. The Kier molecular flexibility index (Phi) is 5.63. The third-order valence-electron chi connectivity index (χ3n) is 5.45. The summed E-state index contributed by atoms with van der Waals surface area (Å²) in [6.45, 7) is 4.41. The van der Waals surface area contributed by atoms with Crippen LogP contribution in [0.1, 0.15) is 53.2 Å². The Balaban J connectivity index is 1.48. The van der Waals surface area contributed by atoms with Gasteiger partial charge in [-0.05, 0) is 50.5 Å². The van der Waals surface area contributed by atoms with Crippen molar-refractivity contribution in [3.05, 3.63) is 64.9 Å². The van der Waals surface area contributed by atoms with Gasteiger partial charge in [0.25, 0.3) is 0 Å². The SMILES string of the molecule is COCC#Cc1ccc(C2CCC(C(O)c3ncn4c(C)cc(C)nc34)N2)cc1. The van der Waals surface area contributed by atoms with Crippen LogP contribution >= 0.6 is 0 Å². The van der Waals surface area contributed by atoms with Gasteiger partial charge in [-0.1, -0.05) is 24.0 Å². The Morgan fingerprint density at radius 1 is 1.28 bits per heavy atom. The van der Waals surface area contributed by atoms with Gasteiger partial charge in [0.05, 0.1) is 0 Å². The van der Waals surface area contributed by atoms with Crippen LogP contribution in [0.4, 0.5) is 0 Å². The van der Waals surface area contributed by atoms with Gasteiger partial charge in [-0.15, -0.1) is 0 Å². The van der Waals surface area contributed by atoms with Crippen molar-refractivity contribution in [2.24, 2.45) is 0 Å². The van der Waals surface area contributed by atoms with E-state index in [1.54, 1.807) is 13.4 Å². The summed E-state index contributed by atoms with van der Waals surface area (Å²) in [4.78, 5) is 9.07. The minimum Gasteiger partial charge on any atom is -0.385 e. The van der Waals surface area contributed by atoms with Gasteiger partial charge in [-0.25, -0.2) is 9.97 Å². The van der Waals surface area contributed by atoms with Crippen molar-refractivity contribution in [3.63, 3.8) is 0 Å². The maximum absolute atomic E-state index is 11.0. The molecular formula is C23H26N4O2. The van der Waals surface area contributed by atoms with Gasteiger partial charge < -0.3 is 15.2 Å². The number of aliphatic hydroxyl groups excluding tert-OH is 1. The van der Waals surface area contributed by atoms with Gasteiger partial charge in [0.2, 0.25) is 0 Å². The van der Waals surface area contributed by atoms with Gasteiger partial charge in [-0.2, -0.15) is 0 Å². The molecule has 4 rings (SSSR count). The zero-order valence-corrected chi connectivity index (χ0v) is 17.0. The first-order valence-corrected chi connectivity index (χ1v) is 9.90. The summed E-state index contributed by atoms with van der Waals surface area (Å²) >= 11 is 0. The molecule has 1 saturated heterocycles. The van der Waals surface area contributed by atoms with E-state index in [9.17, 15) is 5.11 Å². The van der Waals surface area contributed by atoms with Crippen LogP contribution in [-0.2, 0) is 4.74 Å². The summed E-state index contributed by atoms with van der Waals surface area (Å²) in [5.74, 6) is 6.05. The number of hydrogen-bond donors (Lipinski definition) is 2. The first kappa shape index (κ1) is 19.6. The number of aromatic nitrogens is 3. The van der Waals surface area contributed by atoms with E-state index in [4.69, 9.17) is 4.74 Å². The number of hydrogen-bond acceptors (Lipinski definition) is 5. The van der Waals surface area contributed by atoms with Gasteiger partial charge >= 0.3 is 0 Å². The maximum atomic E-state index is 11.0. The zero-order chi connectivity index (χ0) is 20.4. The molecule has 0 radical (unpaired) electrons. The predicted octanol–water partition coefficient (Wildman–Crippen LogP) is 2.87. The maximum Gasteiger partial charge on any atom is 0.162 e. The third-order valence-corrected chi connectivity index (χ3v) is 5.45. The lowest BCUT2D eigenvalue weighted by molar-refractivity contribution is 0.132. The van der Waals surface area contributed by atoms with Crippen LogP contribution in [0.2, 0.25) is 0 Å². The highest BCUT2D eigenvalue weighted by molar-refractivity contribution is 5.48. The molecule has 0 bridgehead atoms. The van der Waals surface area contributed by atoms with Crippen molar-refractivity contribution in [2.75, 3.05) is 13.7 Å². The quantitative estimate of drug-likeness (QED) is 0.671. The fourth-order valence-corrected chi connectivity index (χ4v) is 3.99. The summed E-state index contributed by atoms with van der Waals surface area (Å²) in [5.41, 5.74) is 5.54. The summed E-state index contributed by atoms with van der Waals surface area (Å²) in [7, 11) is 1.64. The van der Waals surface area contributed by atoms with Crippen molar-refractivity contribution < 1.29 is 9.84 Å². The minimum absolute atomic E-state index is 0.0533. The first-order valence-electron chi connectivity index (χ1n) is 9.90. The van der Waals surface area contributed by atoms with Crippen LogP contribution in [0, 0.1) is 25.7 Å². The number of imidazole rings is 1. The zero-order valence-electron chi connectivity index (χ0n) is 17.0. The highest BCUT2D eigenvalue weighted by Crippen LogP contribution is 2.33. The van der Waals surface area contributed by atoms with Gasteiger partial charge in [0.15, 0.2) is 5.65 Å². The fourth-order valence-electron chi connectivity index (χ4n) is 3.99. The molecule has 29 heavy (non-hydrogen) atoms. The molecule has 1 aliphatic rings. The van der Waals surface area contributed by atoms with Crippen LogP contribution in [0.15, 0.2) is 36.7 Å². The molecule has 2 N–H and O–H groups in total. The second kappa shape index (κ2) is 8.34. The molecule has 0 saturated carbocycles. The molecule has 150 valence electrons. The van der Waals surface area contributed by atoms with Crippen LogP contribution in [0.25, 0.3) is 5.65 Å². The summed E-state index contributed by atoms with van der Waals surface area (Å²) in [6.07, 6.45) is 2.89. The number of ether oxygens (including phenoxy) is 1. The molecule has 3 atom stereocenters. The van der Waals surface area contributed by atoms with Crippen molar-refractivity contribution in [1.29, 1.82) is 0 Å². The normalized spacial score (nSPS) is 19.9. The Labute approximate surface area is 171 Å². The van der Waals surface area contributed by atoms with E-state index in [1.807, 2.05) is 36.4 Å². The largest absolute Gasteiger partial charge is 0.385 e. The third kappa shape index (κ3) is 4.03. The highest BCUT2D eigenvalue weighted by Gasteiger charge is 2.33. The lowest BCUT2D eigenvalue weighted by Gasteiger charge is -2.19. The number of rotatable bonds is 4. The number of nitrogens with one attached hydrogen (secondary N) is 1. The van der Waals surface area contributed by atoms with E-state index in [-0.39, 0.29) is 12.1 Å². The average Bonchev–Trinajstić information content (AvgIpc) is 3.36.